The standard InChI is InChI=1S/C15H8ClF2NO2/c16-11-4-1-8(5-12(11)18)7-19-13-6-9(17)2-3-10(13)14(20)15(19)21/h1-6H,7H2. The quantitative estimate of drug-likeness (QED) is 0.798. The van der Waals surface area contributed by atoms with Crippen LogP contribution in [0.5, 0.6) is 0 Å². The molecule has 0 unspecified atom stereocenters. The number of halogens is 3. The number of nitrogens with zero attached hydrogens (tertiary/aromatic N) is 1. The fourth-order valence-corrected chi connectivity index (χ4v) is 2.36. The summed E-state index contributed by atoms with van der Waals surface area (Å²) in [4.78, 5) is 24.9. The van der Waals surface area contributed by atoms with Gasteiger partial charge in [-0.05, 0) is 35.9 Å². The number of benzene rings is 2. The van der Waals surface area contributed by atoms with Crippen LogP contribution in [-0.4, -0.2) is 11.7 Å². The first-order valence-electron chi connectivity index (χ1n) is 6.07. The van der Waals surface area contributed by atoms with E-state index in [1.807, 2.05) is 0 Å². The third-order valence-electron chi connectivity index (χ3n) is 3.26. The van der Waals surface area contributed by atoms with E-state index in [0.717, 1.165) is 17.0 Å². The molecule has 0 saturated carbocycles. The van der Waals surface area contributed by atoms with Crippen molar-refractivity contribution >= 4 is 29.0 Å². The van der Waals surface area contributed by atoms with Gasteiger partial charge in [-0.2, -0.15) is 0 Å². The van der Waals surface area contributed by atoms with Gasteiger partial charge in [0.1, 0.15) is 11.6 Å². The average Bonchev–Trinajstić information content (AvgIpc) is 2.68. The Hall–Kier alpha value is -2.27. The minimum Gasteiger partial charge on any atom is -0.300 e. The zero-order valence-electron chi connectivity index (χ0n) is 10.6. The smallest absolute Gasteiger partial charge is 0.299 e. The van der Waals surface area contributed by atoms with Crippen molar-refractivity contribution in [3.63, 3.8) is 0 Å². The van der Waals surface area contributed by atoms with Gasteiger partial charge in [0.25, 0.3) is 11.7 Å². The van der Waals surface area contributed by atoms with Crippen LogP contribution in [0.1, 0.15) is 15.9 Å². The molecule has 0 N–H and O–H groups in total. The summed E-state index contributed by atoms with van der Waals surface area (Å²) >= 11 is 5.59. The highest BCUT2D eigenvalue weighted by atomic mass is 35.5. The Morgan fingerprint density at radius 2 is 1.81 bits per heavy atom. The van der Waals surface area contributed by atoms with Gasteiger partial charge < -0.3 is 4.90 Å². The van der Waals surface area contributed by atoms with E-state index < -0.39 is 23.3 Å². The van der Waals surface area contributed by atoms with E-state index in [9.17, 15) is 18.4 Å². The molecule has 1 heterocycles. The van der Waals surface area contributed by atoms with Crippen LogP contribution in [0, 0.1) is 11.6 Å². The molecular formula is C15H8ClF2NO2. The summed E-state index contributed by atoms with van der Waals surface area (Å²) in [5, 5.41) is -0.0333. The second kappa shape index (κ2) is 4.93. The number of ketones is 1. The third-order valence-corrected chi connectivity index (χ3v) is 3.57. The van der Waals surface area contributed by atoms with Gasteiger partial charge in [-0.15, -0.1) is 0 Å². The molecule has 0 radical (unpaired) electrons. The average molecular weight is 308 g/mol. The molecule has 0 bridgehead atoms. The van der Waals surface area contributed by atoms with Crippen LogP contribution in [0.2, 0.25) is 5.02 Å². The lowest BCUT2D eigenvalue weighted by atomic mass is 10.1. The van der Waals surface area contributed by atoms with Gasteiger partial charge in [-0.1, -0.05) is 17.7 Å². The predicted molar refractivity (Wildman–Crippen MR) is 73.3 cm³/mol. The monoisotopic (exact) mass is 307 g/mol. The fourth-order valence-electron chi connectivity index (χ4n) is 2.24. The molecular weight excluding hydrogens is 300 g/mol. The summed E-state index contributed by atoms with van der Waals surface area (Å²) in [5.41, 5.74) is 0.798. The van der Waals surface area contributed by atoms with Crippen LogP contribution >= 0.6 is 11.6 Å². The molecule has 0 fully saturated rings. The number of carbonyl (C=O) groups excluding carboxylic acids is 2. The third kappa shape index (κ3) is 2.29. The summed E-state index contributed by atoms with van der Waals surface area (Å²) in [7, 11) is 0. The van der Waals surface area contributed by atoms with Crippen LogP contribution in [0.15, 0.2) is 36.4 Å². The van der Waals surface area contributed by atoms with Gasteiger partial charge >= 0.3 is 0 Å². The lowest BCUT2D eigenvalue weighted by molar-refractivity contribution is -0.114. The molecule has 0 spiro atoms. The molecule has 0 atom stereocenters. The van der Waals surface area contributed by atoms with E-state index in [1.165, 1.54) is 18.2 Å². The number of amides is 1. The van der Waals surface area contributed by atoms with Gasteiger partial charge in [-0.3, -0.25) is 9.59 Å². The van der Waals surface area contributed by atoms with Gasteiger partial charge in [0.15, 0.2) is 0 Å². The molecule has 0 aliphatic carbocycles. The van der Waals surface area contributed by atoms with Crippen molar-refractivity contribution in [3.05, 3.63) is 64.2 Å². The number of Topliss-reactive ketones (excluding diaryl/α,β-unsaturated/α-hetero) is 1. The van der Waals surface area contributed by atoms with Gasteiger partial charge in [0.2, 0.25) is 0 Å². The Morgan fingerprint density at radius 3 is 2.52 bits per heavy atom. The first-order chi connectivity index (χ1) is 9.97. The van der Waals surface area contributed by atoms with E-state index >= 15 is 0 Å². The molecule has 2 aromatic rings. The molecule has 106 valence electrons. The number of fused-ring (bicyclic) bond motifs is 1. The van der Waals surface area contributed by atoms with Crippen molar-refractivity contribution in [2.75, 3.05) is 4.90 Å². The zero-order chi connectivity index (χ0) is 15.1. The van der Waals surface area contributed by atoms with Gasteiger partial charge in [0, 0.05) is 0 Å². The molecule has 3 rings (SSSR count). The SMILES string of the molecule is O=C1C(=O)N(Cc2ccc(Cl)c(F)c2)c2cc(F)ccc21. The summed E-state index contributed by atoms with van der Waals surface area (Å²) in [6.07, 6.45) is 0. The minimum absolute atomic E-state index is 0.0326. The highest BCUT2D eigenvalue weighted by Gasteiger charge is 2.36. The van der Waals surface area contributed by atoms with Gasteiger partial charge in [-0.25, -0.2) is 8.78 Å². The molecule has 1 amide bonds. The number of hydrogen-bond donors (Lipinski definition) is 0. The summed E-state index contributed by atoms with van der Waals surface area (Å²) in [6, 6.07) is 7.59. The van der Waals surface area contributed by atoms with Crippen LogP contribution in [0.3, 0.4) is 0 Å². The van der Waals surface area contributed by atoms with Crippen LogP contribution in [0.4, 0.5) is 14.5 Å². The summed E-state index contributed by atoms with van der Waals surface area (Å²) in [5.74, 6) is -2.62. The second-order valence-corrected chi connectivity index (χ2v) is 5.04. The van der Waals surface area contributed by atoms with E-state index in [4.69, 9.17) is 11.6 Å². The second-order valence-electron chi connectivity index (χ2n) is 4.63. The molecule has 3 nitrogen and oxygen atoms in total. The van der Waals surface area contributed by atoms with Crippen molar-refractivity contribution < 1.29 is 18.4 Å². The highest BCUT2D eigenvalue weighted by Crippen LogP contribution is 2.31. The van der Waals surface area contributed by atoms with E-state index in [0.29, 0.717) is 5.56 Å². The van der Waals surface area contributed by atoms with Crippen LogP contribution in [0.25, 0.3) is 0 Å². The maximum Gasteiger partial charge on any atom is 0.299 e. The molecule has 1 aliphatic heterocycles. The Balaban J connectivity index is 1.99. The highest BCUT2D eigenvalue weighted by molar-refractivity contribution is 6.52. The Labute approximate surface area is 123 Å². The van der Waals surface area contributed by atoms with Crippen LogP contribution in [-0.2, 0) is 11.3 Å². The molecule has 0 aromatic heterocycles. The Morgan fingerprint density at radius 1 is 1.05 bits per heavy atom. The molecule has 21 heavy (non-hydrogen) atoms. The van der Waals surface area contributed by atoms with Gasteiger partial charge in [0.05, 0.1) is 22.8 Å². The fraction of sp³-hybridized carbons (Fsp3) is 0.0667. The van der Waals surface area contributed by atoms with E-state index in [2.05, 4.69) is 0 Å². The van der Waals surface area contributed by atoms with Crippen molar-refractivity contribution in [2.24, 2.45) is 0 Å². The Kier molecular flexibility index (Phi) is 3.22. The van der Waals surface area contributed by atoms with Crippen molar-refractivity contribution in [2.45, 2.75) is 6.54 Å². The number of hydrogen-bond acceptors (Lipinski definition) is 2. The van der Waals surface area contributed by atoms with E-state index in [1.54, 1.807) is 6.07 Å². The normalized spacial score (nSPS) is 13.8. The first kappa shape index (κ1) is 13.7. The largest absolute Gasteiger partial charge is 0.300 e. The minimum atomic E-state index is -0.758. The molecule has 2 aromatic carbocycles. The summed E-state index contributed by atoms with van der Waals surface area (Å²) in [6.45, 7) is -0.0326. The van der Waals surface area contributed by atoms with Crippen LogP contribution < -0.4 is 4.90 Å². The lowest BCUT2D eigenvalue weighted by Gasteiger charge is -2.16. The van der Waals surface area contributed by atoms with E-state index in [-0.39, 0.29) is 22.8 Å². The maximum atomic E-state index is 13.4. The summed E-state index contributed by atoms with van der Waals surface area (Å²) < 4.78 is 26.7. The number of rotatable bonds is 2. The predicted octanol–water partition coefficient (Wildman–Crippen LogP) is 3.35. The number of carbonyl (C=O) groups is 2. The lowest BCUT2D eigenvalue weighted by Crippen LogP contribution is -2.29. The Bertz CT molecular complexity index is 776. The van der Waals surface area contributed by atoms with Crippen molar-refractivity contribution in [3.8, 4) is 0 Å². The molecule has 6 heteroatoms. The maximum absolute atomic E-state index is 13.4. The van der Waals surface area contributed by atoms with Crippen molar-refractivity contribution in [1.29, 1.82) is 0 Å². The molecule has 1 aliphatic rings. The zero-order valence-corrected chi connectivity index (χ0v) is 11.3. The number of anilines is 1. The molecule has 0 saturated heterocycles. The van der Waals surface area contributed by atoms with Crippen molar-refractivity contribution in [1.82, 2.24) is 0 Å². The topological polar surface area (TPSA) is 37.4 Å². The first-order valence-corrected chi connectivity index (χ1v) is 6.45.